The number of rotatable bonds is 8. The molecule has 2 N–H and O–H groups in total. The Hall–Kier alpha value is -2.49. The highest BCUT2D eigenvalue weighted by atomic mass is 32.2. The van der Waals surface area contributed by atoms with Crippen molar-refractivity contribution in [2.24, 2.45) is 0 Å². The molecule has 12 heteroatoms. The number of amides is 1. The van der Waals surface area contributed by atoms with Crippen LogP contribution in [0.1, 0.15) is 24.4 Å². The molecule has 2 aromatic rings. The first-order valence-corrected chi connectivity index (χ1v) is 11.3. The lowest BCUT2D eigenvalue weighted by atomic mass is 10.1. The molecule has 1 fully saturated rings. The van der Waals surface area contributed by atoms with Gasteiger partial charge in [-0.15, -0.1) is 16.6 Å². The number of terminal acetylenes is 1. The van der Waals surface area contributed by atoms with E-state index in [1.165, 1.54) is 29.8 Å². The van der Waals surface area contributed by atoms with Gasteiger partial charge in [0.2, 0.25) is 20.1 Å². The highest BCUT2D eigenvalue weighted by molar-refractivity contribution is 7.93. The van der Waals surface area contributed by atoms with Crippen molar-refractivity contribution in [2.75, 3.05) is 5.75 Å². The maximum Gasteiger partial charge on any atom is 0.407 e. The minimum atomic E-state index is -4.78. The molecule has 1 heterocycles. The largest absolute Gasteiger partial charge is 0.407 e. The summed E-state index contributed by atoms with van der Waals surface area (Å²) in [7, 11) is -4.17. The molecular formula is C18H17F3N4O3S2. The maximum absolute atomic E-state index is 13.8. The third-order valence-electron chi connectivity index (χ3n) is 4.53. The first kappa shape index (κ1) is 22.2. The standard InChI is InChI=1S/C18H17F3N4O3S2/c1-2-17(8-9-17)24-15(26)13(10-30(27,28)16-25-22-11-29-16)23-14(18(19,20)21)12-6-4-3-5-7-12/h1,3-7,11,13-14,23H,8-10H2,(H,24,26)/t13-,14-/m0/s1. The van der Waals surface area contributed by atoms with Crippen LogP contribution in [0.2, 0.25) is 0 Å². The molecule has 7 nitrogen and oxygen atoms in total. The lowest BCUT2D eigenvalue weighted by molar-refractivity contribution is -0.160. The van der Waals surface area contributed by atoms with E-state index < -0.39 is 45.3 Å². The predicted molar refractivity (Wildman–Crippen MR) is 103 cm³/mol. The maximum atomic E-state index is 13.8. The number of hydrogen-bond donors (Lipinski definition) is 2. The second kappa shape index (κ2) is 8.33. The molecule has 1 aromatic carbocycles. The summed E-state index contributed by atoms with van der Waals surface area (Å²) >= 11 is 0.710. The Balaban J connectivity index is 1.91. The summed E-state index contributed by atoms with van der Waals surface area (Å²) in [4.78, 5) is 12.8. The molecule has 0 radical (unpaired) electrons. The number of nitrogens with zero attached hydrogens (tertiary/aromatic N) is 2. The third kappa shape index (κ3) is 5.16. The van der Waals surface area contributed by atoms with Gasteiger partial charge in [-0.25, -0.2) is 8.42 Å². The van der Waals surface area contributed by atoms with Crippen molar-refractivity contribution in [3.8, 4) is 12.3 Å². The predicted octanol–water partition coefficient (Wildman–Crippen LogP) is 1.86. The summed E-state index contributed by atoms with van der Waals surface area (Å²) in [5, 5.41) is 11.6. The van der Waals surface area contributed by atoms with Gasteiger partial charge in [0, 0.05) is 0 Å². The molecule has 1 amide bonds. The molecule has 0 unspecified atom stereocenters. The van der Waals surface area contributed by atoms with E-state index in [1.54, 1.807) is 6.07 Å². The SMILES string of the molecule is C#CC1(NC(=O)[C@H](CS(=O)(=O)c2nncs2)N[C@@H](c2ccccc2)C(F)(F)F)CC1. The molecule has 1 aromatic heterocycles. The number of aromatic nitrogens is 2. The lowest BCUT2D eigenvalue weighted by Gasteiger charge is -2.28. The van der Waals surface area contributed by atoms with Gasteiger partial charge in [0.15, 0.2) is 0 Å². The fourth-order valence-electron chi connectivity index (χ4n) is 2.77. The second-order valence-electron chi connectivity index (χ2n) is 6.81. The van der Waals surface area contributed by atoms with Crippen LogP contribution in [0.15, 0.2) is 40.2 Å². The van der Waals surface area contributed by atoms with Crippen LogP contribution in [-0.4, -0.2) is 48.0 Å². The normalized spacial score (nSPS) is 17.5. The fraction of sp³-hybridized carbons (Fsp3) is 0.389. The summed E-state index contributed by atoms with van der Waals surface area (Å²) in [6.07, 6.45) is 1.53. The topological polar surface area (TPSA) is 101 Å². The first-order chi connectivity index (χ1) is 14.1. The Kier molecular flexibility index (Phi) is 6.16. The number of carbonyl (C=O) groups excluding carboxylic acids is 1. The van der Waals surface area contributed by atoms with Crippen molar-refractivity contribution in [3.05, 3.63) is 41.4 Å². The molecule has 0 aliphatic heterocycles. The van der Waals surface area contributed by atoms with Crippen molar-refractivity contribution >= 4 is 27.1 Å². The zero-order valence-electron chi connectivity index (χ0n) is 15.4. The molecule has 1 saturated carbocycles. The van der Waals surface area contributed by atoms with Gasteiger partial charge in [0.25, 0.3) is 0 Å². The first-order valence-electron chi connectivity index (χ1n) is 8.73. The van der Waals surface area contributed by atoms with Gasteiger partial charge in [-0.2, -0.15) is 13.2 Å². The highest BCUT2D eigenvalue weighted by Gasteiger charge is 2.47. The molecule has 1 aliphatic carbocycles. The molecule has 2 atom stereocenters. The summed E-state index contributed by atoms with van der Waals surface area (Å²) in [5.41, 5.74) is 0.0635. The summed E-state index contributed by atoms with van der Waals surface area (Å²) in [6, 6.07) is 2.87. The smallest absolute Gasteiger partial charge is 0.338 e. The van der Waals surface area contributed by atoms with E-state index in [9.17, 15) is 26.4 Å². The molecular weight excluding hydrogens is 441 g/mol. The van der Waals surface area contributed by atoms with Crippen molar-refractivity contribution in [1.82, 2.24) is 20.8 Å². The van der Waals surface area contributed by atoms with Crippen LogP contribution in [0.4, 0.5) is 13.2 Å². The van der Waals surface area contributed by atoms with Crippen molar-refractivity contribution < 1.29 is 26.4 Å². The number of carbonyl (C=O) groups is 1. The van der Waals surface area contributed by atoms with E-state index >= 15 is 0 Å². The molecule has 160 valence electrons. The average molecular weight is 458 g/mol. The molecule has 1 aliphatic rings. The summed E-state index contributed by atoms with van der Waals surface area (Å²) < 4.78 is 66.1. The van der Waals surface area contributed by atoms with E-state index in [-0.39, 0.29) is 9.90 Å². The Labute approximate surface area is 175 Å². The van der Waals surface area contributed by atoms with E-state index in [1.807, 2.05) is 0 Å². The minimum Gasteiger partial charge on any atom is -0.338 e. The number of alkyl halides is 3. The van der Waals surface area contributed by atoms with Crippen molar-refractivity contribution in [2.45, 2.75) is 41.0 Å². The number of hydrogen-bond acceptors (Lipinski definition) is 7. The quantitative estimate of drug-likeness (QED) is 0.586. The molecule has 0 saturated heterocycles. The van der Waals surface area contributed by atoms with Crippen LogP contribution in [0.25, 0.3) is 0 Å². The average Bonchev–Trinajstić information content (AvgIpc) is 3.22. The van der Waals surface area contributed by atoms with Crippen LogP contribution >= 0.6 is 11.3 Å². The van der Waals surface area contributed by atoms with E-state index in [4.69, 9.17) is 6.42 Å². The van der Waals surface area contributed by atoms with Gasteiger partial charge in [0.05, 0.1) is 5.75 Å². The Bertz CT molecular complexity index is 1030. The van der Waals surface area contributed by atoms with Gasteiger partial charge >= 0.3 is 6.18 Å². The second-order valence-corrected chi connectivity index (χ2v) is 9.85. The van der Waals surface area contributed by atoms with Gasteiger partial charge in [-0.05, 0) is 18.4 Å². The molecule has 0 spiro atoms. The van der Waals surface area contributed by atoms with E-state index in [2.05, 4.69) is 26.8 Å². The van der Waals surface area contributed by atoms with Crippen molar-refractivity contribution in [1.29, 1.82) is 0 Å². The number of halogens is 3. The summed E-state index contributed by atoms with van der Waals surface area (Å²) in [6.45, 7) is 0. The fourth-order valence-corrected chi connectivity index (χ4v) is 4.97. The zero-order chi connectivity index (χ0) is 22.0. The van der Waals surface area contributed by atoms with Gasteiger partial charge in [0.1, 0.15) is 23.1 Å². The lowest BCUT2D eigenvalue weighted by Crippen LogP contribution is -2.54. The highest BCUT2D eigenvalue weighted by Crippen LogP contribution is 2.35. The van der Waals surface area contributed by atoms with Crippen LogP contribution in [-0.2, 0) is 14.6 Å². The Morgan fingerprint density at radius 2 is 1.97 bits per heavy atom. The molecule has 3 rings (SSSR count). The van der Waals surface area contributed by atoms with Gasteiger partial charge in [-0.3, -0.25) is 10.1 Å². The van der Waals surface area contributed by atoms with Crippen LogP contribution in [0.5, 0.6) is 0 Å². The molecule has 0 bridgehead atoms. The molecule has 30 heavy (non-hydrogen) atoms. The van der Waals surface area contributed by atoms with Gasteiger partial charge < -0.3 is 5.32 Å². The number of nitrogens with one attached hydrogen (secondary N) is 2. The van der Waals surface area contributed by atoms with Crippen LogP contribution < -0.4 is 10.6 Å². The third-order valence-corrected chi connectivity index (χ3v) is 7.44. The monoisotopic (exact) mass is 458 g/mol. The Morgan fingerprint density at radius 1 is 1.30 bits per heavy atom. The summed E-state index contributed by atoms with van der Waals surface area (Å²) in [5.74, 6) is 0.529. The van der Waals surface area contributed by atoms with Gasteiger partial charge in [-0.1, -0.05) is 47.6 Å². The van der Waals surface area contributed by atoms with E-state index in [0.29, 0.717) is 24.2 Å². The van der Waals surface area contributed by atoms with Crippen LogP contribution in [0.3, 0.4) is 0 Å². The number of sulfone groups is 1. The Morgan fingerprint density at radius 3 is 2.47 bits per heavy atom. The van der Waals surface area contributed by atoms with E-state index in [0.717, 1.165) is 0 Å². The minimum absolute atomic E-state index is 0.158. The van der Waals surface area contributed by atoms with Crippen LogP contribution in [0, 0.1) is 12.3 Å². The zero-order valence-corrected chi connectivity index (χ0v) is 17.0. The van der Waals surface area contributed by atoms with Crippen molar-refractivity contribution in [3.63, 3.8) is 0 Å². The number of benzene rings is 1.